The van der Waals surface area contributed by atoms with Gasteiger partial charge < -0.3 is 10.3 Å². The van der Waals surface area contributed by atoms with E-state index in [9.17, 15) is 28.9 Å². The van der Waals surface area contributed by atoms with Crippen molar-refractivity contribution in [3.8, 4) is 0 Å². The van der Waals surface area contributed by atoms with Gasteiger partial charge in [-0.25, -0.2) is 9.18 Å². The first kappa shape index (κ1) is 19.7. The van der Waals surface area contributed by atoms with Crippen LogP contribution in [0, 0.1) is 22.9 Å². The molecule has 2 aromatic carbocycles. The van der Waals surface area contributed by atoms with Gasteiger partial charge in [0.15, 0.2) is 0 Å². The Kier molecular flexibility index (Phi) is 5.35. The fraction of sp³-hybridized carbons (Fsp3) is 0.105. The summed E-state index contributed by atoms with van der Waals surface area (Å²) in [5.41, 5.74) is -1.56. The number of carbonyl (C=O) groups is 1. The zero-order valence-electron chi connectivity index (χ0n) is 15.1. The van der Waals surface area contributed by atoms with Crippen LogP contribution in [0.5, 0.6) is 0 Å². The SMILES string of the molecule is Cc1ccc([N+](=O)[O-])cc1NC(=O)c1c[nH]c(=O)n(Cc2ccccc2F)c1=O. The number of aromatic nitrogens is 2. The van der Waals surface area contributed by atoms with Crippen LogP contribution >= 0.6 is 0 Å². The Morgan fingerprint density at radius 1 is 1.24 bits per heavy atom. The highest BCUT2D eigenvalue weighted by molar-refractivity contribution is 6.04. The van der Waals surface area contributed by atoms with Gasteiger partial charge in [0.2, 0.25) is 0 Å². The second-order valence-electron chi connectivity index (χ2n) is 6.20. The first-order chi connectivity index (χ1) is 13.8. The Morgan fingerprint density at radius 2 is 1.97 bits per heavy atom. The minimum absolute atomic E-state index is 0.104. The largest absolute Gasteiger partial charge is 0.328 e. The van der Waals surface area contributed by atoms with Crippen LogP contribution in [0.15, 0.2) is 58.3 Å². The molecule has 1 amide bonds. The van der Waals surface area contributed by atoms with E-state index in [1.807, 2.05) is 0 Å². The molecule has 29 heavy (non-hydrogen) atoms. The Bertz CT molecular complexity index is 1230. The van der Waals surface area contributed by atoms with Gasteiger partial charge in [-0.15, -0.1) is 0 Å². The number of benzene rings is 2. The van der Waals surface area contributed by atoms with Gasteiger partial charge in [-0.2, -0.15) is 0 Å². The van der Waals surface area contributed by atoms with Crippen LogP contribution in [0.25, 0.3) is 0 Å². The molecule has 0 saturated carbocycles. The molecular formula is C19H15FN4O5. The predicted molar refractivity (Wildman–Crippen MR) is 103 cm³/mol. The molecule has 2 N–H and O–H groups in total. The van der Waals surface area contributed by atoms with Crippen LogP contribution < -0.4 is 16.6 Å². The van der Waals surface area contributed by atoms with Crippen LogP contribution in [-0.2, 0) is 6.54 Å². The number of nitro groups is 1. The molecule has 0 aliphatic rings. The normalized spacial score (nSPS) is 10.6. The van der Waals surface area contributed by atoms with Crippen molar-refractivity contribution in [2.45, 2.75) is 13.5 Å². The molecule has 0 bridgehead atoms. The molecule has 0 radical (unpaired) electrons. The van der Waals surface area contributed by atoms with E-state index in [1.54, 1.807) is 13.0 Å². The summed E-state index contributed by atoms with van der Waals surface area (Å²) in [6.07, 6.45) is 0.949. The van der Waals surface area contributed by atoms with Crippen molar-refractivity contribution < 1.29 is 14.1 Å². The number of nitro benzene ring substituents is 1. The summed E-state index contributed by atoms with van der Waals surface area (Å²) in [5.74, 6) is -1.46. The molecule has 0 atom stereocenters. The zero-order chi connectivity index (χ0) is 21.1. The van der Waals surface area contributed by atoms with Crippen molar-refractivity contribution in [3.05, 3.63) is 102 Å². The van der Waals surface area contributed by atoms with Crippen molar-refractivity contribution in [1.82, 2.24) is 9.55 Å². The lowest BCUT2D eigenvalue weighted by Crippen LogP contribution is -2.39. The first-order valence-electron chi connectivity index (χ1n) is 8.40. The summed E-state index contributed by atoms with van der Waals surface area (Å²) in [6.45, 7) is 1.26. The Balaban J connectivity index is 1.96. The summed E-state index contributed by atoms with van der Waals surface area (Å²) >= 11 is 0. The highest BCUT2D eigenvalue weighted by Gasteiger charge is 2.18. The van der Waals surface area contributed by atoms with Crippen molar-refractivity contribution >= 4 is 17.3 Å². The quantitative estimate of drug-likeness (QED) is 0.503. The number of hydrogen-bond acceptors (Lipinski definition) is 5. The summed E-state index contributed by atoms with van der Waals surface area (Å²) in [7, 11) is 0. The number of hydrogen-bond donors (Lipinski definition) is 2. The molecule has 0 unspecified atom stereocenters. The third-order valence-electron chi connectivity index (χ3n) is 4.27. The number of aromatic amines is 1. The van der Waals surface area contributed by atoms with E-state index in [-0.39, 0.29) is 23.5 Å². The van der Waals surface area contributed by atoms with Crippen LogP contribution in [0.1, 0.15) is 21.5 Å². The number of halogens is 1. The van der Waals surface area contributed by atoms with E-state index in [0.29, 0.717) is 10.1 Å². The van der Waals surface area contributed by atoms with Crippen molar-refractivity contribution in [2.24, 2.45) is 0 Å². The fourth-order valence-electron chi connectivity index (χ4n) is 2.66. The standard InChI is InChI=1S/C19H15FN4O5/c1-11-6-7-13(24(28)29)8-16(11)22-17(25)14-9-21-19(27)23(18(14)26)10-12-4-2-3-5-15(12)20/h2-9H,10H2,1H3,(H,21,27)(H,22,25). The number of carbonyl (C=O) groups excluding carboxylic acids is 1. The summed E-state index contributed by atoms with van der Waals surface area (Å²) in [5, 5.41) is 13.4. The highest BCUT2D eigenvalue weighted by Crippen LogP contribution is 2.22. The molecule has 0 aliphatic heterocycles. The smallest absolute Gasteiger partial charge is 0.321 e. The van der Waals surface area contributed by atoms with Gasteiger partial charge in [-0.3, -0.25) is 24.3 Å². The maximum Gasteiger partial charge on any atom is 0.328 e. The number of anilines is 1. The van der Waals surface area contributed by atoms with E-state index in [2.05, 4.69) is 10.3 Å². The molecule has 1 heterocycles. The van der Waals surface area contributed by atoms with Crippen molar-refractivity contribution in [3.63, 3.8) is 0 Å². The predicted octanol–water partition coefficient (Wildman–Crippen LogP) is 2.19. The number of non-ortho nitro benzene ring substituents is 1. The van der Waals surface area contributed by atoms with E-state index in [1.165, 1.54) is 30.3 Å². The summed E-state index contributed by atoms with van der Waals surface area (Å²) < 4.78 is 14.6. The Labute approximate surface area is 162 Å². The van der Waals surface area contributed by atoms with Crippen molar-refractivity contribution in [2.75, 3.05) is 5.32 Å². The Hall–Kier alpha value is -4.08. The van der Waals surface area contributed by atoms with Crippen LogP contribution in [0.3, 0.4) is 0 Å². The van der Waals surface area contributed by atoms with Gasteiger partial charge >= 0.3 is 5.69 Å². The van der Waals surface area contributed by atoms with Crippen LogP contribution in [0.2, 0.25) is 0 Å². The topological polar surface area (TPSA) is 127 Å². The molecule has 3 rings (SSSR count). The molecule has 10 heteroatoms. The maximum atomic E-state index is 13.9. The number of nitrogens with zero attached hydrogens (tertiary/aromatic N) is 2. The second kappa shape index (κ2) is 7.89. The molecular weight excluding hydrogens is 383 g/mol. The van der Waals surface area contributed by atoms with Gasteiger partial charge in [0.1, 0.15) is 11.4 Å². The molecule has 148 valence electrons. The fourth-order valence-corrected chi connectivity index (χ4v) is 2.66. The third-order valence-corrected chi connectivity index (χ3v) is 4.27. The third kappa shape index (κ3) is 4.10. The number of aryl methyl sites for hydroxylation is 1. The number of rotatable bonds is 5. The molecule has 0 aliphatic carbocycles. The lowest BCUT2D eigenvalue weighted by atomic mass is 10.1. The molecule has 9 nitrogen and oxygen atoms in total. The first-order valence-corrected chi connectivity index (χ1v) is 8.40. The number of nitrogens with one attached hydrogen (secondary N) is 2. The van der Waals surface area contributed by atoms with Crippen molar-refractivity contribution in [1.29, 1.82) is 0 Å². The Morgan fingerprint density at radius 3 is 2.66 bits per heavy atom. The second-order valence-corrected chi connectivity index (χ2v) is 6.20. The monoisotopic (exact) mass is 398 g/mol. The molecule has 0 saturated heterocycles. The van der Waals surface area contributed by atoms with Crippen LogP contribution in [-0.4, -0.2) is 20.4 Å². The summed E-state index contributed by atoms with van der Waals surface area (Å²) in [6, 6.07) is 9.53. The van der Waals surface area contributed by atoms with Gasteiger partial charge in [-0.05, 0) is 18.6 Å². The van der Waals surface area contributed by atoms with E-state index < -0.39 is 33.5 Å². The van der Waals surface area contributed by atoms with E-state index in [4.69, 9.17) is 0 Å². The lowest BCUT2D eigenvalue weighted by Gasteiger charge is -2.10. The highest BCUT2D eigenvalue weighted by atomic mass is 19.1. The molecule has 0 spiro atoms. The minimum Gasteiger partial charge on any atom is -0.321 e. The lowest BCUT2D eigenvalue weighted by molar-refractivity contribution is -0.384. The van der Waals surface area contributed by atoms with E-state index >= 15 is 0 Å². The molecule has 1 aromatic heterocycles. The average molecular weight is 398 g/mol. The van der Waals surface area contributed by atoms with Gasteiger partial charge in [0, 0.05) is 23.9 Å². The molecule has 3 aromatic rings. The maximum absolute atomic E-state index is 13.9. The molecule has 0 fully saturated rings. The minimum atomic E-state index is -0.919. The number of H-pyrrole nitrogens is 1. The average Bonchev–Trinajstić information content (AvgIpc) is 2.68. The van der Waals surface area contributed by atoms with Crippen LogP contribution in [0.4, 0.5) is 15.8 Å². The summed E-state index contributed by atoms with van der Waals surface area (Å²) in [4.78, 5) is 49.8. The van der Waals surface area contributed by atoms with Gasteiger partial charge in [-0.1, -0.05) is 24.3 Å². The van der Waals surface area contributed by atoms with Gasteiger partial charge in [0.25, 0.3) is 17.2 Å². The zero-order valence-corrected chi connectivity index (χ0v) is 15.1. The van der Waals surface area contributed by atoms with E-state index in [0.717, 1.165) is 12.3 Å². The van der Waals surface area contributed by atoms with Gasteiger partial charge in [0.05, 0.1) is 17.2 Å². The number of amides is 1.